The van der Waals surface area contributed by atoms with Crippen LogP contribution in [-0.2, 0) is 9.53 Å². The first-order valence-electron chi connectivity index (χ1n) is 6.31. The highest BCUT2D eigenvalue weighted by atomic mass is 16.6. The maximum atomic E-state index is 12.0. The number of hydrogen-bond donors (Lipinski definition) is 0. The zero-order chi connectivity index (χ0) is 13.8. The maximum Gasteiger partial charge on any atom is 0.410 e. The number of piperidine rings is 1. The van der Waals surface area contributed by atoms with E-state index >= 15 is 0 Å². The molecule has 1 atom stereocenters. The van der Waals surface area contributed by atoms with Crippen molar-refractivity contribution in [3.63, 3.8) is 0 Å². The van der Waals surface area contributed by atoms with E-state index in [1.807, 2.05) is 20.8 Å². The Morgan fingerprint density at radius 1 is 1.39 bits per heavy atom. The van der Waals surface area contributed by atoms with E-state index < -0.39 is 17.7 Å². The van der Waals surface area contributed by atoms with Gasteiger partial charge in [-0.15, -0.1) is 6.42 Å². The van der Waals surface area contributed by atoms with Gasteiger partial charge in [0.05, 0.1) is 12.5 Å². The Morgan fingerprint density at radius 2 is 2.06 bits per heavy atom. The fraction of sp³-hybridized carbons (Fsp3) is 0.714. The van der Waals surface area contributed by atoms with E-state index in [1.54, 1.807) is 0 Å². The average Bonchev–Trinajstić information content (AvgIpc) is 2.27. The third-order valence-electron chi connectivity index (χ3n) is 2.78. The third kappa shape index (κ3) is 4.06. The summed E-state index contributed by atoms with van der Waals surface area (Å²) in [5, 5.41) is 0. The Morgan fingerprint density at radius 3 is 2.61 bits per heavy atom. The monoisotopic (exact) mass is 251 g/mol. The minimum atomic E-state index is -0.547. The van der Waals surface area contributed by atoms with Gasteiger partial charge < -0.3 is 4.74 Å². The number of Topliss-reactive ketones (excluding diaryl/α,β-unsaturated/α-hetero) is 1. The molecule has 0 saturated carbocycles. The fourth-order valence-corrected chi connectivity index (χ4v) is 2.02. The Balaban J connectivity index is 2.73. The molecule has 0 bridgehead atoms. The second-order valence-electron chi connectivity index (χ2n) is 5.53. The molecule has 1 fully saturated rings. The molecule has 1 heterocycles. The molecule has 100 valence electrons. The number of carbonyl (C=O) groups is 2. The molecule has 1 rings (SSSR count). The first-order chi connectivity index (χ1) is 8.35. The summed E-state index contributed by atoms with van der Waals surface area (Å²) in [6.45, 7) is 6.00. The summed E-state index contributed by atoms with van der Waals surface area (Å²) in [5.74, 6) is 2.28. The van der Waals surface area contributed by atoms with Gasteiger partial charge in [0, 0.05) is 6.54 Å². The number of likely N-dealkylation sites (tertiary alicyclic amines) is 1. The second-order valence-corrected chi connectivity index (χ2v) is 5.53. The highest BCUT2D eigenvalue weighted by Gasteiger charge is 2.33. The number of ether oxygens (including phenoxy) is 1. The molecule has 0 radical (unpaired) electrons. The number of carbonyl (C=O) groups excluding carboxylic acids is 2. The average molecular weight is 251 g/mol. The summed E-state index contributed by atoms with van der Waals surface area (Å²) in [5.41, 5.74) is -0.547. The Labute approximate surface area is 109 Å². The zero-order valence-corrected chi connectivity index (χ0v) is 11.4. The van der Waals surface area contributed by atoms with Crippen LogP contribution >= 0.6 is 0 Å². The van der Waals surface area contributed by atoms with Gasteiger partial charge >= 0.3 is 6.09 Å². The minimum absolute atomic E-state index is 0.0666. The Hall–Kier alpha value is -1.50. The lowest BCUT2D eigenvalue weighted by atomic mass is 9.97. The largest absolute Gasteiger partial charge is 0.444 e. The van der Waals surface area contributed by atoms with Crippen LogP contribution in [0.15, 0.2) is 0 Å². The molecular formula is C14H21NO3. The number of terminal acetylenes is 1. The lowest BCUT2D eigenvalue weighted by Crippen LogP contribution is -2.49. The molecule has 0 N–H and O–H groups in total. The first-order valence-corrected chi connectivity index (χ1v) is 6.31. The highest BCUT2D eigenvalue weighted by Crippen LogP contribution is 2.21. The van der Waals surface area contributed by atoms with Crippen molar-refractivity contribution in [2.75, 3.05) is 6.54 Å². The van der Waals surface area contributed by atoms with Gasteiger partial charge in [-0.2, -0.15) is 0 Å². The SMILES string of the molecule is C#CCC(=O)[C@@H]1CCCCN1C(=O)OC(C)(C)C. The molecule has 0 unspecified atom stereocenters. The Bertz CT molecular complexity index is 362. The minimum Gasteiger partial charge on any atom is -0.444 e. The summed E-state index contributed by atoms with van der Waals surface area (Å²) >= 11 is 0. The van der Waals surface area contributed by atoms with Crippen LogP contribution in [0, 0.1) is 12.3 Å². The van der Waals surface area contributed by atoms with Crippen molar-refractivity contribution in [2.24, 2.45) is 0 Å². The fourth-order valence-electron chi connectivity index (χ4n) is 2.02. The molecule has 1 aliphatic rings. The maximum absolute atomic E-state index is 12.0. The van der Waals surface area contributed by atoms with Crippen molar-refractivity contribution in [1.82, 2.24) is 4.90 Å². The number of amides is 1. The normalized spacial score (nSPS) is 20.1. The van der Waals surface area contributed by atoms with Crippen LogP contribution in [0.1, 0.15) is 46.5 Å². The second kappa shape index (κ2) is 5.90. The van der Waals surface area contributed by atoms with Gasteiger partial charge in [0.15, 0.2) is 5.78 Å². The third-order valence-corrected chi connectivity index (χ3v) is 2.78. The van der Waals surface area contributed by atoms with Crippen LogP contribution in [0.2, 0.25) is 0 Å². The molecule has 1 amide bonds. The molecule has 0 aromatic carbocycles. The quantitative estimate of drug-likeness (QED) is 0.708. The van der Waals surface area contributed by atoms with Crippen molar-refractivity contribution in [3.05, 3.63) is 0 Å². The van der Waals surface area contributed by atoms with Gasteiger partial charge in [-0.1, -0.05) is 5.92 Å². The molecule has 18 heavy (non-hydrogen) atoms. The first kappa shape index (κ1) is 14.6. The molecule has 1 aliphatic heterocycles. The van der Waals surface area contributed by atoms with E-state index in [2.05, 4.69) is 5.92 Å². The topological polar surface area (TPSA) is 46.6 Å². The molecule has 0 aliphatic carbocycles. The van der Waals surface area contributed by atoms with Crippen molar-refractivity contribution < 1.29 is 14.3 Å². The van der Waals surface area contributed by atoms with Gasteiger partial charge in [-0.3, -0.25) is 9.69 Å². The summed E-state index contributed by atoms with van der Waals surface area (Å²) in [6, 6.07) is -0.412. The van der Waals surface area contributed by atoms with Gasteiger partial charge in [0.2, 0.25) is 0 Å². The van der Waals surface area contributed by atoms with Crippen LogP contribution in [0.4, 0.5) is 4.79 Å². The van der Waals surface area contributed by atoms with Crippen molar-refractivity contribution in [3.8, 4) is 12.3 Å². The van der Waals surface area contributed by atoms with Gasteiger partial charge in [0.1, 0.15) is 5.60 Å². The standard InChI is InChI=1S/C14H21NO3/c1-5-8-12(16)11-9-6-7-10-15(11)13(17)18-14(2,3)4/h1,11H,6-10H2,2-4H3/t11-/m0/s1. The predicted molar refractivity (Wildman–Crippen MR) is 69.0 cm³/mol. The van der Waals surface area contributed by atoms with Gasteiger partial charge in [-0.05, 0) is 40.0 Å². The molecule has 0 spiro atoms. The van der Waals surface area contributed by atoms with Crippen LogP contribution < -0.4 is 0 Å². The summed E-state index contributed by atoms with van der Waals surface area (Å²) < 4.78 is 5.32. The lowest BCUT2D eigenvalue weighted by Gasteiger charge is -2.35. The molecular weight excluding hydrogens is 230 g/mol. The number of ketones is 1. The summed E-state index contributed by atoms with van der Waals surface area (Å²) in [4.78, 5) is 25.4. The van der Waals surface area contributed by atoms with E-state index in [1.165, 1.54) is 4.90 Å². The zero-order valence-electron chi connectivity index (χ0n) is 11.4. The number of hydrogen-bond acceptors (Lipinski definition) is 3. The van der Waals surface area contributed by atoms with E-state index in [4.69, 9.17) is 11.2 Å². The van der Waals surface area contributed by atoms with E-state index in [9.17, 15) is 9.59 Å². The smallest absolute Gasteiger partial charge is 0.410 e. The highest BCUT2D eigenvalue weighted by molar-refractivity contribution is 5.89. The molecule has 1 saturated heterocycles. The Kier molecular flexibility index (Phi) is 4.77. The van der Waals surface area contributed by atoms with Crippen LogP contribution in [0.3, 0.4) is 0 Å². The summed E-state index contributed by atoms with van der Waals surface area (Å²) in [6.07, 6.45) is 7.34. The molecule has 4 nitrogen and oxygen atoms in total. The lowest BCUT2D eigenvalue weighted by molar-refractivity contribution is -0.124. The van der Waals surface area contributed by atoms with Gasteiger partial charge in [-0.25, -0.2) is 4.79 Å². The summed E-state index contributed by atoms with van der Waals surface area (Å²) in [7, 11) is 0. The van der Waals surface area contributed by atoms with Crippen molar-refractivity contribution >= 4 is 11.9 Å². The van der Waals surface area contributed by atoms with E-state index in [-0.39, 0.29) is 12.2 Å². The van der Waals surface area contributed by atoms with Crippen LogP contribution in [0.25, 0.3) is 0 Å². The van der Waals surface area contributed by atoms with Crippen molar-refractivity contribution in [1.29, 1.82) is 0 Å². The molecule has 0 aromatic rings. The van der Waals surface area contributed by atoms with E-state index in [0.29, 0.717) is 13.0 Å². The van der Waals surface area contributed by atoms with Crippen molar-refractivity contribution in [2.45, 2.75) is 58.1 Å². The van der Waals surface area contributed by atoms with Crippen LogP contribution in [-0.4, -0.2) is 35.0 Å². The predicted octanol–water partition coefficient (Wildman–Crippen LogP) is 2.37. The van der Waals surface area contributed by atoms with Crippen LogP contribution in [0.5, 0.6) is 0 Å². The van der Waals surface area contributed by atoms with E-state index in [0.717, 1.165) is 12.8 Å². The molecule has 4 heteroatoms. The molecule has 0 aromatic heterocycles. The number of nitrogens with zero attached hydrogens (tertiary/aromatic N) is 1. The van der Waals surface area contributed by atoms with Gasteiger partial charge in [0.25, 0.3) is 0 Å². The number of rotatable bonds is 2.